The quantitative estimate of drug-likeness (QED) is 0.873. The molecule has 112 valence electrons. The van der Waals surface area contributed by atoms with Crippen molar-refractivity contribution >= 4 is 10.0 Å². The van der Waals surface area contributed by atoms with E-state index in [1.807, 2.05) is 0 Å². The predicted molar refractivity (Wildman–Crippen MR) is 71.2 cm³/mol. The van der Waals surface area contributed by atoms with E-state index in [1.54, 1.807) is 6.92 Å². The molecule has 20 heavy (non-hydrogen) atoms. The van der Waals surface area contributed by atoms with E-state index in [1.165, 1.54) is 13.0 Å². The van der Waals surface area contributed by atoms with Crippen molar-refractivity contribution in [3.63, 3.8) is 0 Å². The highest BCUT2D eigenvalue weighted by atomic mass is 32.2. The Balaban J connectivity index is 2.37. The lowest BCUT2D eigenvalue weighted by Gasteiger charge is -2.23. The fourth-order valence-electron chi connectivity index (χ4n) is 2.21. The summed E-state index contributed by atoms with van der Waals surface area (Å²) in [5.41, 5.74) is -0.497. The van der Waals surface area contributed by atoms with Gasteiger partial charge in [-0.05, 0) is 38.0 Å². The minimum atomic E-state index is -3.78. The number of nitrogens with one attached hydrogen (secondary N) is 1. The molecule has 1 heterocycles. The first-order chi connectivity index (χ1) is 9.27. The number of hydrogen-bond donors (Lipinski definition) is 2. The zero-order chi connectivity index (χ0) is 15.0. The molecule has 1 fully saturated rings. The number of aryl methyl sites for hydroxylation is 1. The highest BCUT2D eigenvalue weighted by Gasteiger charge is 2.34. The van der Waals surface area contributed by atoms with Gasteiger partial charge in [0.2, 0.25) is 10.0 Å². The molecule has 0 bridgehead atoms. The van der Waals surface area contributed by atoms with E-state index in [4.69, 9.17) is 9.84 Å². The van der Waals surface area contributed by atoms with Gasteiger partial charge in [-0.15, -0.1) is 0 Å². The first kappa shape index (κ1) is 15.4. The van der Waals surface area contributed by atoms with Gasteiger partial charge in [0.15, 0.2) is 0 Å². The van der Waals surface area contributed by atoms with Crippen LogP contribution in [0.3, 0.4) is 0 Å². The van der Waals surface area contributed by atoms with Crippen molar-refractivity contribution in [3.8, 4) is 0 Å². The molecular formula is C13H18FNO4S. The molecule has 1 aliphatic heterocycles. The molecule has 0 radical (unpaired) electrons. The third-order valence-electron chi connectivity index (χ3n) is 3.38. The summed E-state index contributed by atoms with van der Waals surface area (Å²) in [6, 6.07) is 2.42. The molecule has 1 aliphatic rings. The summed E-state index contributed by atoms with van der Waals surface area (Å²) >= 11 is 0. The van der Waals surface area contributed by atoms with Gasteiger partial charge in [-0.1, -0.05) is 0 Å². The van der Waals surface area contributed by atoms with Crippen LogP contribution in [0, 0.1) is 12.7 Å². The summed E-state index contributed by atoms with van der Waals surface area (Å²) in [5, 5.41) is 9.09. The minimum absolute atomic E-state index is 0.0294. The monoisotopic (exact) mass is 303 g/mol. The van der Waals surface area contributed by atoms with Crippen LogP contribution in [0.25, 0.3) is 0 Å². The van der Waals surface area contributed by atoms with E-state index in [0.29, 0.717) is 19.6 Å². The van der Waals surface area contributed by atoms with Gasteiger partial charge in [0, 0.05) is 12.2 Å². The second kappa shape index (κ2) is 5.40. The first-order valence-electron chi connectivity index (χ1n) is 6.29. The van der Waals surface area contributed by atoms with Gasteiger partial charge in [-0.3, -0.25) is 0 Å². The van der Waals surface area contributed by atoms with Crippen LogP contribution in [-0.2, 0) is 21.4 Å². The molecule has 1 aromatic rings. The lowest BCUT2D eigenvalue weighted by molar-refractivity contribution is 0.178. The lowest BCUT2D eigenvalue weighted by Crippen LogP contribution is -2.46. The molecule has 7 heteroatoms. The predicted octanol–water partition coefficient (Wildman–Crippen LogP) is 1.08. The number of sulfonamides is 1. The van der Waals surface area contributed by atoms with Gasteiger partial charge in [0.05, 0.1) is 23.6 Å². The molecule has 1 atom stereocenters. The molecule has 5 nitrogen and oxygen atoms in total. The number of aliphatic hydroxyl groups is 1. The largest absolute Gasteiger partial charge is 0.392 e. The van der Waals surface area contributed by atoms with E-state index in [9.17, 15) is 12.8 Å². The number of hydrogen-bond acceptors (Lipinski definition) is 4. The number of aliphatic hydroxyl groups excluding tert-OH is 1. The second-order valence-corrected chi connectivity index (χ2v) is 7.02. The second-order valence-electron chi connectivity index (χ2n) is 5.34. The van der Waals surface area contributed by atoms with Crippen molar-refractivity contribution < 1.29 is 22.7 Å². The summed E-state index contributed by atoms with van der Waals surface area (Å²) in [5.74, 6) is -0.582. The van der Waals surface area contributed by atoms with Gasteiger partial charge in [0.1, 0.15) is 5.82 Å². The summed E-state index contributed by atoms with van der Waals surface area (Å²) in [7, 11) is -3.78. The molecular weight excluding hydrogens is 285 g/mol. The van der Waals surface area contributed by atoms with Gasteiger partial charge in [0.25, 0.3) is 0 Å². The summed E-state index contributed by atoms with van der Waals surface area (Å²) in [6.45, 7) is 3.49. The van der Waals surface area contributed by atoms with Crippen molar-refractivity contribution in [2.75, 3.05) is 13.2 Å². The first-order valence-corrected chi connectivity index (χ1v) is 7.77. The highest BCUT2D eigenvalue weighted by Crippen LogP contribution is 2.24. The standard InChI is InChI=1S/C13H18FNO4S/c1-9-5-11(6-10(7-16)12(9)14)20(17,18)15-13(2)3-4-19-8-13/h5-6,15-16H,3-4,7-8H2,1-2H3. The zero-order valence-corrected chi connectivity index (χ0v) is 12.3. The Bertz CT molecular complexity index is 609. The maximum atomic E-state index is 13.7. The molecule has 0 saturated carbocycles. The van der Waals surface area contributed by atoms with Crippen LogP contribution in [0.15, 0.2) is 17.0 Å². The average Bonchev–Trinajstić information content (AvgIpc) is 2.77. The third-order valence-corrected chi connectivity index (χ3v) is 5.00. The van der Waals surface area contributed by atoms with E-state index >= 15 is 0 Å². The van der Waals surface area contributed by atoms with Crippen LogP contribution in [0.5, 0.6) is 0 Å². The summed E-state index contributed by atoms with van der Waals surface area (Å²) in [4.78, 5) is -0.0476. The van der Waals surface area contributed by atoms with E-state index in [2.05, 4.69) is 4.72 Å². The van der Waals surface area contributed by atoms with Crippen molar-refractivity contribution in [3.05, 3.63) is 29.1 Å². The van der Waals surface area contributed by atoms with Gasteiger partial charge < -0.3 is 9.84 Å². The Morgan fingerprint density at radius 2 is 2.20 bits per heavy atom. The van der Waals surface area contributed by atoms with Gasteiger partial charge >= 0.3 is 0 Å². The van der Waals surface area contributed by atoms with Gasteiger partial charge in [-0.2, -0.15) is 0 Å². The zero-order valence-electron chi connectivity index (χ0n) is 11.4. The Morgan fingerprint density at radius 3 is 2.75 bits per heavy atom. The average molecular weight is 303 g/mol. The van der Waals surface area contributed by atoms with Crippen LogP contribution >= 0.6 is 0 Å². The van der Waals surface area contributed by atoms with E-state index < -0.39 is 28.0 Å². The fourth-order valence-corrected chi connectivity index (χ4v) is 3.76. The van der Waals surface area contributed by atoms with Crippen molar-refractivity contribution in [1.29, 1.82) is 0 Å². The number of ether oxygens (including phenoxy) is 1. The molecule has 0 aliphatic carbocycles. The molecule has 1 unspecified atom stereocenters. The van der Waals surface area contributed by atoms with Crippen LogP contribution in [0.2, 0.25) is 0 Å². The summed E-state index contributed by atoms with van der Waals surface area (Å²) < 4.78 is 46.2. The number of halogens is 1. The molecule has 0 spiro atoms. The van der Waals surface area contributed by atoms with E-state index in [-0.39, 0.29) is 16.0 Å². The lowest BCUT2D eigenvalue weighted by atomic mass is 10.0. The third kappa shape index (κ3) is 3.01. The molecule has 1 aromatic carbocycles. The smallest absolute Gasteiger partial charge is 0.241 e. The Morgan fingerprint density at radius 1 is 1.50 bits per heavy atom. The molecule has 0 amide bonds. The maximum Gasteiger partial charge on any atom is 0.241 e. The fraction of sp³-hybridized carbons (Fsp3) is 0.538. The molecule has 1 saturated heterocycles. The van der Waals surface area contributed by atoms with Crippen LogP contribution in [-0.4, -0.2) is 32.3 Å². The Kier molecular flexibility index (Phi) is 4.15. The molecule has 2 rings (SSSR count). The Hall–Kier alpha value is -1.02. The van der Waals surface area contributed by atoms with Crippen LogP contribution < -0.4 is 4.72 Å². The summed E-state index contributed by atoms with van der Waals surface area (Å²) in [6.07, 6.45) is 0.583. The van der Waals surface area contributed by atoms with E-state index in [0.717, 1.165) is 6.07 Å². The van der Waals surface area contributed by atoms with Crippen molar-refractivity contribution in [1.82, 2.24) is 4.72 Å². The molecule has 0 aromatic heterocycles. The SMILES string of the molecule is Cc1cc(S(=O)(=O)NC2(C)CCOC2)cc(CO)c1F. The number of rotatable bonds is 4. The minimum Gasteiger partial charge on any atom is -0.392 e. The topological polar surface area (TPSA) is 75.6 Å². The van der Waals surface area contributed by atoms with Crippen molar-refractivity contribution in [2.24, 2.45) is 0 Å². The maximum absolute atomic E-state index is 13.7. The van der Waals surface area contributed by atoms with Crippen molar-refractivity contribution in [2.45, 2.75) is 37.3 Å². The highest BCUT2D eigenvalue weighted by molar-refractivity contribution is 7.89. The normalized spacial score (nSPS) is 23.2. The molecule has 2 N–H and O–H groups in total. The van der Waals surface area contributed by atoms with Crippen LogP contribution in [0.1, 0.15) is 24.5 Å². The number of benzene rings is 1. The Labute approximate surface area is 117 Å². The van der Waals surface area contributed by atoms with Crippen LogP contribution in [0.4, 0.5) is 4.39 Å². The van der Waals surface area contributed by atoms with Gasteiger partial charge in [-0.25, -0.2) is 17.5 Å².